The van der Waals surface area contributed by atoms with E-state index < -0.39 is 9.84 Å². The lowest BCUT2D eigenvalue weighted by Crippen LogP contribution is -2.48. The fourth-order valence-corrected chi connectivity index (χ4v) is 3.83. The van der Waals surface area contributed by atoms with Crippen molar-refractivity contribution in [1.29, 1.82) is 0 Å². The van der Waals surface area contributed by atoms with Gasteiger partial charge in [0, 0.05) is 44.7 Å². The monoisotopic (exact) mass is 399 g/mol. The van der Waals surface area contributed by atoms with Crippen LogP contribution in [0, 0.1) is 5.41 Å². The molecule has 0 saturated carbocycles. The van der Waals surface area contributed by atoms with Crippen LogP contribution in [0.1, 0.15) is 38.9 Å². The molecule has 0 spiro atoms. The predicted octanol–water partition coefficient (Wildman–Crippen LogP) is 1.22. The van der Waals surface area contributed by atoms with E-state index in [1.165, 1.54) is 6.26 Å². The second kappa shape index (κ2) is 9.05. The lowest BCUT2D eigenvalue weighted by Gasteiger charge is -2.35. The zero-order valence-electron chi connectivity index (χ0n) is 17.1. The van der Waals surface area contributed by atoms with Crippen molar-refractivity contribution in [3.8, 4) is 0 Å². The summed E-state index contributed by atoms with van der Waals surface area (Å²) in [5, 5.41) is 7.59. The third kappa shape index (κ3) is 7.14. The number of hydrogen-bond acceptors (Lipinski definition) is 5. The molecule has 1 aromatic rings. The molecule has 0 aliphatic carbocycles. The number of hydrogen-bond donors (Lipinski definition) is 1. The van der Waals surface area contributed by atoms with E-state index in [2.05, 4.69) is 29.2 Å². The van der Waals surface area contributed by atoms with E-state index in [9.17, 15) is 8.42 Å². The Morgan fingerprint density at radius 2 is 2.22 bits per heavy atom. The van der Waals surface area contributed by atoms with E-state index in [1.54, 1.807) is 4.68 Å². The molecule has 1 unspecified atom stereocenters. The largest absolute Gasteiger partial charge is 0.370 e. The Morgan fingerprint density at radius 1 is 1.48 bits per heavy atom. The number of nitrogens with one attached hydrogen (secondary N) is 1. The Balaban J connectivity index is 2.05. The molecule has 0 radical (unpaired) electrons. The Labute approximate surface area is 162 Å². The molecule has 1 N–H and O–H groups in total. The quantitative estimate of drug-likeness (QED) is 0.548. The number of guanidine groups is 1. The molecule has 1 aliphatic heterocycles. The Kier molecular flexibility index (Phi) is 7.27. The molecule has 154 valence electrons. The minimum absolute atomic E-state index is 0.0328. The maximum Gasteiger partial charge on any atom is 0.194 e. The number of rotatable bonds is 7. The van der Waals surface area contributed by atoms with Gasteiger partial charge in [-0.25, -0.2) is 8.42 Å². The SMILES string of the molecule is CCNC(=NCC(C)(C)CCS(C)(=O)=O)N1CCOC(c2cnn(C)c2)C1. The van der Waals surface area contributed by atoms with Crippen LogP contribution in [-0.2, 0) is 21.6 Å². The lowest BCUT2D eigenvalue weighted by atomic mass is 9.90. The molecule has 1 fully saturated rings. The van der Waals surface area contributed by atoms with Crippen molar-refractivity contribution < 1.29 is 13.2 Å². The summed E-state index contributed by atoms with van der Waals surface area (Å²) < 4.78 is 30.6. The van der Waals surface area contributed by atoms with Gasteiger partial charge < -0.3 is 15.0 Å². The minimum atomic E-state index is -2.96. The molecule has 27 heavy (non-hydrogen) atoms. The summed E-state index contributed by atoms with van der Waals surface area (Å²) in [6.07, 6.45) is 5.66. The average Bonchev–Trinajstić information content (AvgIpc) is 3.03. The van der Waals surface area contributed by atoms with Gasteiger partial charge >= 0.3 is 0 Å². The van der Waals surface area contributed by atoms with E-state index in [0.29, 0.717) is 26.1 Å². The van der Waals surface area contributed by atoms with Gasteiger partial charge in [0.15, 0.2) is 5.96 Å². The van der Waals surface area contributed by atoms with E-state index in [4.69, 9.17) is 9.73 Å². The fraction of sp³-hybridized carbons (Fsp3) is 0.778. The number of ether oxygens (including phenoxy) is 1. The molecular formula is C18H33N5O3S. The van der Waals surface area contributed by atoms with Gasteiger partial charge in [-0.2, -0.15) is 5.10 Å². The molecule has 0 bridgehead atoms. The summed E-state index contributed by atoms with van der Waals surface area (Å²) in [5.74, 6) is 1.04. The highest BCUT2D eigenvalue weighted by Crippen LogP contribution is 2.24. The van der Waals surface area contributed by atoms with Crippen LogP contribution in [-0.4, -0.2) is 73.9 Å². The van der Waals surface area contributed by atoms with Crippen LogP contribution in [0.25, 0.3) is 0 Å². The average molecular weight is 400 g/mol. The smallest absolute Gasteiger partial charge is 0.194 e. The molecule has 1 aliphatic rings. The fourth-order valence-electron chi connectivity index (χ4n) is 2.91. The molecule has 0 amide bonds. The highest BCUT2D eigenvalue weighted by atomic mass is 32.2. The number of aromatic nitrogens is 2. The van der Waals surface area contributed by atoms with Gasteiger partial charge in [-0.15, -0.1) is 0 Å². The molecule has 0 aromatic carbocycles. The van der Waals surface area contributed by atoms with Gasteiger partial charge in [0.2, 0.25) is 0 Å². The van der Waals surface area contributed by atoms with Gasteiger partial charge in [0.05, 0.1) is 25.1 Å². The summed E-state index contributed by atoms with van der Waals surface area (Å²) in [6.45, 7) is 9.61. The van der Waals surface area contributed by atoms with E-state index in [1.807, 2.05) is 26.4 Å². The normalized spacial score (nSPS) is 19.4. The van der Waals surface area contributed by atoms with Crippen LogP contribution in [0.4, 0.5) is 0 Å². The van der Waals surface area contributed by atoms with E-state index in [0.717, 1.165) is 24.6 Å². The lowest BCUT2D eigenvalue weighted by molar-refractivity contribution is -0.00809. The Hall–Kier alpha value is -1.61. The molecule has 1 saturated heterocycles. The topological polar surface area (TPSA) is 88.8 Å². The van der Waals surface area contributed by atoms with Crippen molar-refractivity contribution >= 4 is 15.8 Å². The van der Waals surface area contributed by atoms with Crippen LogP contribution in [0.2, 0.25) is 0 Å². The van der Waals surface area contributed by atoms with Gasteiger partial charge in [-0.1, -0.05) is 13.8 Å². The van der Waals surface area contributed by atoms with Gasteiger partial charge in [-0.3, -0.25) is 9.67 Å². The van der Waals surface area contributed by atoms with Crippen LogP contribution < -0.4 is 5.32 Å². The Bertz CT molecular complexity index is 742. The predicted molar refractivity (Wildman–Crippen MR) is 108 cm³/mol. The van der Waals surface area contributed by atoms with E-state index >= 15 is 0 Å². The standard InChI is InChI=1S/C18H33N5O3S/c1-6-19-17(20-14-18(2,3)7-10-27(5,24)25)23-8-9-26-16(13-23)15-11-21-22(4)12-15/h11-12,16H,6-10,13-14H2,1-5H3,(H,19,20). The molecule has 8 nitrogen and oxygen atoms in total. The second-order valence-corrected chi connectivity index (χ2v) is 10.2. The van der Waals surface area contributed by atoms with Crippen molar-refractivity contribution in [3.05, 3.63) is 18.0 Å². The van der Waals surface area contributed by atoms with Crippen molar-refractivity contribution in [2.24, 2.45) is 17.5 Å². The first kappa shape index (κ1) is 21.7. The molecule has 9 heteroatoms. The van der Waals surface area contributed by atoms with E-state index in [-0.39, 0.29) is 17.3 Å². The first-order valence-electron chi connectivity index (χ1n) is 9.41. The van der Waals surface area contributed by atoms with Gasteiger partial charge in [0.1, 0.15) is 15.9 Å². The van der Waals surface area contributed by atoms with Crippen molar-refractivity contribution in [2.45, 2.75) is 33.3 Å². The van der Waals surface area contributed by atoms with Crippen LogP contribution >= 0.6 is 0 Å². The molecule has 1 atom stereocenters. The highest BCUT2D eigenvalue weighted by Gasteiger charge is 2.26. The van der Waals surface area contributed by atoms with Crippen LogP contribution in [0.3, 0.4) is 0 Å². The molecule has 2 rings (SSSR count). The third-order valence-corrected chi connectivity index (χ3v) is 5.55. The minimum Gasteiger partial charge on any atom is -0.370 e. The van der Waals surface area contributed by atoms with Gasteiger partial charge in [-0.05, 0) is 18.8 Å². The summed E-state index contributed by atoms with van der Waals surface area (Å²) in [4.78, 5) is 7.01. The number of nitrogens with zero attached hydrogens (tertiary/aromatic N) is 4. The third-order valence-electron chi connectivity index (χ3n) is 4.60. The number of morpholine rings is 1. The highest BCUT2D eigenvalue weighted by molar-refractivity contribution is 7.90. The summed E-state index contributed by atoms with van der Waals surface area (Å²) in [6, 6.07) is 0. The van der Waals surface area contributed by atoms with Crippen LogP contribution in [0.5, 0.6) is 0 Å². The zero-order valence-corrected chi connectivity index (χ0v) is 17.9. The van der Waals surface area contributed by atoms with Crippen LogP contribution in [0.15, 0.2) is 17.4 Å². The summed E-state index contributed by atoms with van der Waals surface area (Å²) in [7, 11) is -1.06. The summed E-state index contributed by atoms with van der Waals surface area (Å²) in [5.41, 5.74) is 0.880. The van der Waals surface area contributed by atoms with Crippen molar-refractivity contribution in [2.75, 3.05) is 44.8 Å². The van der Waals surface area contributed by atoms with Crippen molar-refractivity contribution in [1.82, 2.24) is 20.0 Å². The maximum absolute atomic E-state index is 11.5. The maximum atomic E-state index is 11.5. The number of aryl methyl sites for hydroxylation is 1. The first-order chi connectivity index (χ1) is 12.6. The first-order valence-corrected chi connectivity index (χ1v) is 11.5. The number of sulfone groups is 1. The second-order valence-electron chi connectivity index (χ2n) is 7.97. The molecule has 2 heterocycles. The van der Waals surface area contributed by atoms with Gasteiger partial charge in [0.25, 0.3) is 0 Å². The summed E-state index contributed by atoms with van der Waals surface area (Å²) >= 11 is 0. The molecular weight excluding hydrogens is 366 g/mol. The zero-order chi connectivity index (χ0) is 20.1. The Morgan fingerprint density at radius 3 is 2.81 bits per heavy atom. The number of aliphatic imine (C=N–C) groups is 1. The van der Waals surface area contributed by atoms with Crippen molar-refractivity contribution in [3.63, 3.8) is 0 Å². The molecule has 1 aromatic heterocycles.